The van der Waals surface area contributed by atoms with Crippen molar-refractivity contribution >= 4 is 5.91 Å². The number of amides is 1. The molecular formula is C21H26N2O2. The summed E-state index contributed by atoms with van der Waals surface area (Å²) in [5.41, 5.74) is 1.44. The Kier molecular flexibility index (Phi) is 4.29. The standard InChI is InChI=1S/C21H26N2O2/c22-14-21(11-12-21)16-9-7-15(8-10-16)20(25)23-13-3-5-18(23)17-4-1-2-6-19(17)24/h7-10,17-19,24H,1-6,11-13H2/t17-,18+,19+/m0/s1. The minimum atomic E-state index is -0.302. The average Bonchev–Trinajstić information content (AvgIpc) is 3.31. The lowest BCUT2D eigenvalue weighted by molar-refractivity contribution is 0.0211. The lowest BCUT2D eigenvalue weighted by atomic mass is 9.80. The van der Waals surface area contributed by atoms with Gasteiger partial charge in [0.2, 0.25) is 0 Å². The van der Waals surface area contributed by atoms with E-state index < -0.39 is 0 Å². The van der Waals surface area contributed by atoms with Crippen LogP contribution in [0.3, 0.4) is 0 Å². The molecule has 0 radical (unpaired) electrons. The third-order valence-electron chi connectivity index (χ3n) is 6.48. The van der Waals surface area contributed by atoms with Gasteiger partial charge in [0.25, 0.3) is 5.91 Å². The van der Waals surface area contributed by atoms with Crippen molar-refractivity contribution in [1.29, 1.82) is 5.26 Å². The minimum absolute atomic E-state index is 0.0774. The van der Waals surface area contributed by atoms with Crippen LogP contribution in [0.4, 0.5) is 0 Å². The van der Waals surface area contributed by atoms with Gasteiger partial charge in [0, 0.05) is 24.1 Å². The molecule has 1 heterocycles. The van der Waals surface area contributed by atoms with Crippen molar-refractivity contribution in [3.63, 3.8) is 0 Å². The van der Waals surface area contributed by atoms with Crippen molar-refractivity contribution < 1.29 is 9.90 Å². The van der Waals surface area contributed by atoms with Gasteiger partial charge in [0.05, 0.1) is 17.6 Å². The smallest absolute Gasteiger partial charge is 0.254 e. The summed E-state index contributed by atoms with van der Waals surface area (Å²) in [6, 6.07) is 10.2. The van der Waals surface area contributed by atoms with Crippen LogP contribution in [0.15, 0.2) is 24.3 Å². The molecule has 132 valence electrons. The predicted octanol–water partition coefficient (Wildman–Crippen LogP) is 3.40. The van der Waals surface area contributed by atoms with Crippen LogP contribution < -0.4 is 0 Å². The lowest BCUT2D eigenvalue weighted by Gasteiger charge is -2.37. The highest BCUT2D eigenvalue weighted by molar-refractivity contribution is 5.94. The van der Waals surface area contributed by atoms with Crippen LogP contribution in [0, 0.1) is 17.2 Å². The topological polar surface area (TPSA) is 64.3 Å². The molecule has 3 fully saturated rings. The summed E-state index contributed by atoms with van der Waals surface area (Å²) in [5, 5.41) is 19.7. The fourth-order valence-corrected chi connectivity index (χ4v) is 4.77. The molecule has 4 heteroatoms. The Balaban J connectivity index is 1.50. The van der Waals surface area contributed by atoms with Crippen molar-refractivity contribution in [2.24, 2.45) is 5.92 Å². The van der Waals surface area contributed by atoms with Gasteiger partial charge in [-0.05, 0) is 56.2 Å². The molecule has 1 saturated heterocycles. The number of hydrogen-bond acceptors (Lipinski definition) is 3. The first-order chi connectivity index (χ1) is 12.1. The lowest BCUT2D eigenvalue weighted by Crippen LogP contribution is -2.45. The number of aliphatic hydroxyl groups excluding tert-OH is 1. The Bertz CT molecular complexity index is 687. The number of aliphatic hydroxyl groups is 1. The summed E-state index contributed by atoms with van der Waals surface area (Å²) in [7, 11) is 0. The molecule has 1 aromatic carbocycles. The Morgan fingerprint density at radius 2 is 1.84 bits per heavy atom. The molecule has 2 saturated carbocycles. The molecule has 1 amide bonds. The molecule has 0 bridgehead atoms. The summed E-state index contributed by atoms with van der Waals surface area (Å²) in [6.45, 7) is 0.788. The van der Waals surface area contributed by atoms with Crippen LogP contribution in [0.2, 0.25) is 0 Å². The van der Waals surface area contributed by atoms with E-state index in [4.69, 9.17) is 0 Å². The Hall–Kier alpha value is -1.86. The second-order valence-corrected chi connectivity index (χ2v) is 8.00. The first kappa shape index (κ1) is 16.6. The summed E-state index contributed by atoms with van der Waals surface area (Å²) in [5.74, 6) is 0.307. The maximum Gasteiger partial charge on any atom is 0.254 e. The maximum atomic E-state index is 13.0. The third kappa shape index (κ3) is 2.95. The molecule has 1 aliphatic heterocycles. The second kappa shape index (κ2) is 6.46. The molecule has 1 N–H and O–H groups in total. The molecule has 1 aromatic rings. The number of carbonyl (C=O) groups excluding carboxylic acids is 1. The minimum Gasteiger partial charge on any atom is -0.393 e. The van der Waals surface area contributed by atoms with Gasteiger partial charge in [-0.3, -0.25) is 4.79 Å². The van der Waals surface area contributed by atoms with E-state index in [0.29, 0.717) is 5.56 Å². The van der Waals surface area contributed by atoms with Gasteiger partial charge in [-0.2, -0.15) is 5.26 Å². The molecular weight excluding hydrogens is 312 g/mol. The molecule has 4 nitrogen and oxygen atoms in total. The summed E-state index contributed by atoms with van der Waals surface area (Å²) < 4.78 is 0. The highest BCUT2D eigenvalue weighted by Crippen LogP contribution is 2.47. The van der Waals surface area contributed by atoms with E-state index in [0.717, 1.165) is 63.5 Å². The van der Waals surface area contributed by atoms with Crippen LogP contribution in [-0.2, 0) is 5.41 Å². The van der Waals surface area contributed by atoms with Crippen molar-refractivity contribution in [1.82, 2.24) is 4.90 Å². The highest BCUT2D eigenvalue weighted by Gasteiger charge is 2.45. The van der Waals surface area contributed by atoms with Gasteiger partial charge in [-0.15, -0.1) is 0 Å². The number of rotatable bonds is 3. The largest absolute Gasteiger partial charge is 0.393 e. The van der Waals surface area contributed by atoms with Crippen LogP contribution in [0.25, 0.3) is 0 Å². The molecule has 0 spiro atoms. The van der Waals surface area contributed by atoms with E-state index in [2.05, 4.69) is 6.07 Å². The van der Waals surface area contributed by atoms with Gasteiger partial charge in [-0.25, -0.2) is 0 Å². The van der Waals surface area contributed by atoms with Crippen molar-refractivity contribution in [2.45, 2.75) is 68.9 Å². The third-order valence-corrected chi connectivity index (χ3v) is 6.48. The first-order valence-corrected chi connectivity index (χ1v) is 9.65. The summed E-state index contributed by atoms with van der Waals surface area (Å²) in [4.78, 5) is 15.0. The zero-order chi connectivity index (χ0) is 17.4. The van der Waals surface area contributed by atoms with Crippen LogP contribution in [0.5, 0.6) is 0 Å². The SMILES string of the molecule is N#CC1(c2ccc(C(=O)N3CCC[C@@H]3[C@@H]3CCCC[C@H]3O)cc2)CC1. The number of nitriles is 1. The molecule has 3 atom stereocenters. The van der Waals surface area contributed by atoms with E-state index >= 15 is 0 Å². The number of hydrogen-bond donors (Lipinski definition) is 1. The fraction of sp³-hybridized carbons (Fsp3) is 0.619. The fourth-order valence-electron chi connectivity index (χ4n) is 4.77. The van der Waals surface area contributed by atoms with E-state index in [1.54, 1.807) is 0 Å². The number of carbonyl (C=O) groups is 1. The van der Waals surface area contributed by atoms with Crippen LogP contribution in [0.1, 0.15) is 67.3 Å². The normalized spacial score (nSPS) is 30.7. The Labute approximate surface area is 149 Å². The monoisotopic (exact) mass is 338 g/mol. The van der Waals surface area contributed by atoms with Gasteiger partial charge >= 0.3 is 0 Å². The van der Waals surface area contributed by atoms with Gasteiger partial charge < -0.3 is 10.0 Å². The van der Waals surface area contributed by atoms with Crippen molar-refractivity contribution in [2.75, 3.05) is 6.54 Å². The van der Waals surface area contributed by atoms with E-state index in [9.17, 15) is 15.2 Å². The van der Waals surface area contributed by atoms with Gasteiger partial charge in [-0.1, -0.05) is 25.0 Å². The Morgan fingerprint density at radius 3 is 2.48 bits per heavy atom. The zero-order valence-corrected chi connectivity index (χ0v) is 14.7. The molecule has 4 rings (SSSR count). The van der Waals surface area contributed by atoms with Crippen LogP contribution >= 0.6 is 0 Å². The highest BCUT2D eigenvalue weighted by atomic mass is 16.3. The molecule has 0 aromatic heterocycles. The zero-order valence-electron chi connectivity index (χ0n) is 14.7. The summed E-state index contributed by atoms with van der Waals surface area (Å²) >= 11 is 0. The molecule has 2 aliphatic carbocycles. The Morgan fingerprint density at radius 1 is 1.12 bits per heavy atom. The quantitative estimate of drug-likeness (QED) is 0.919. The van der Waals surface area contributed by atoms with Gasteiger partial charge in [0.15, 0.2) is 0 Å². The second-order valence-electron chi connectivity index (χ2n) is 8.00. The molecule has 25 heavy (non-hydrogen) atoms. The van der Waals surface area contributed by atoms with E-state index in [-0.39, 0.29) is 29.4 Å². The van der Waals surface area contributed by atoms with Crippen molar-refractivity contribution in [3.8, 4) is 6.07 Å². The van der Waals surface area contributed by atoms with E-state index in [1.165, 1.54) is 0 Å². The molecule has 3 aliphatic rings. The van der Waals surface area contributed by atoms with E-state index in [1.807, 2.05) is 29.2 Å². The number of likely N-dealkylation sites (tertiary alicyclic amines) is 1. The summed E-state index contributed by atoms with van der Waals surface area (Å²) in [6.07, 6.45) is 7.76. The average molecular weight is 338 g/mol. The van der Waals surface area contributed by atoms with Crippen LogP contribution in [-0.4, -0.2) is 34.6 Å². The number of benzene rings is 1. The molecule has 0 unspecified atom stereocenters. The predicted molar refractivity (Wildman–Crippen MR) is 95.0 cm³/mol. The number of nitrogens with zero attached hydrogens (tertiary/aromatic N) is 2. The maximum absolute atomic E-state index is 13.0. The first-order valence-electron chi connectivity index (χ1n) is 9.65. The van der Waals surface area contributed by atoms with Crippen molar-refractivity contribution in [3.05, 3.63) is 35.4 Å². The van der Waals surface area contributed by atoms with Gasteiger partial charge in [0.1, 0.15) is 0 Å².